The third-order valence-corrected chi connectivity index (χ3v) is 9.95. The summed E-state index contributed by atoms with van der Waals surface area (Å²) in [4.78, 5) is 0. The molecule has 0 atom stereocenters. The highest BCUT2D eigenvalue weighted by atomic mass is 16.3. The molecule has 2 heteroatoms. The lowest BCUT2D eigenvalue weighted by Gasteiger charge is -2.20. The summed E-state index contributed by atoms with van der Waals surface area (Å²) >= 11 is 0. The topological polar surface area (TPSA) is 26.3 Å². The van der Waals surface area contributed by atoms with Crippen molar-refractivity contribution in [2.24, 2.45) is 0 Å². The van der Waals surface area contributed by atoms with Crippen LogP contribution >= 0.6 is 0 Å². The van der Waals surface area contributed by atoms with Gasteiger partial charge in [-0.25, -0.2) is 0 Å². The Morgan fingerprint density at radius 2 is 0.696 bits per heavy atom. The van der Waals surface area contributed by atoms with Crippen LogP contribution in [-0.4, -0.2) is 0 Å². The molecule has 0 aliphatic carbocycles. The zero-order chi connectivity index (χ0) is 52.7. The molecule has 0 spiro atoms. The van der Waals surface area contributed by atoms with Gasteiger partial charge in [-0.15, -0.1) is 0 Å². The Labute approximate surface area is 349 Å². The molecule has 0 saturated carbocycles. The van der Waals surface area contributed by atoms with Crippen molar-refractivity contribution in [1.29, 1.82) is 0 Å². The monoisotopic (exact) mass is 732 g/mol. The molecule has 2 heterocycles. The number of benzene rings is 9. The molecule has 0 unspecified atom stereocenters. The summed E-state index contributed by atoms with van der Waals surface area (Å²) < 4.78 is 173. The molecular formula is C54H34O2. The molecule has 262 valence electrons. The molecule has 0 N–H and O–H groups in total. The first-order chi connectivity index (χ1) is 35.2. The van der Waals surface area contributed by atoms with E-state index in [0.29, 0.717) is 33.4 Å². The molecule has 0 amide bonds. The van der Waals surface area contributed by atoms with E-state index >= 15 is 0 Å². The Hall–Kier alpha value is -7.42. The zero-order valence-corrected chi connectivity index (χ0v) is 29.1. The van der Waals surface area contributed by atoms with Gasteiger partial charge < -0.3 is 8.83 Å². The predicted molar refractivity (Wildman–Crippen MR) is 234 cm³/mol. The quantitative estimate of drug-likeness (QED) is 0.159. The van der Waals surface area contributed by atoms with Gasteiger partial charge in [0.1, 0.15) is 11.2 Å². The molecule has 9 aromatic carbocycles. The molecule has 11 rings (SSSR count). The van der Waals surface area contributed by atoms with E-state index < -0.39 is 131 Å². The van der Waals surface area contributed by atoms with Crippen molar-refractivity contribution in [3.8, 4) is 66.8 Å². The van der Waals surface area contributed by atoms with Gasteiger partial charge in [0.2, 0.25) is 0 Å². The Balaban J connectivity index is 1.36. The smallest absolute Gasteiger partial charge is 0.134 e. The molecule has 0 aliphatic rings. The molecule has 2 nitrogen and oxygen atoms in total. The van der Waals surface area contributed by atoms with Gasteiger partial charge >= 0.3 is 0 Å². The molecule has 0 saturated heterocycles. The summed E-state index contributed by atoms with van der Waals surface area (Å²) in [6.45, 7) is 0. The first-order valence-electron chi connectivity index (χ1n) is 26.6. The molecule has 0 aliphatic heterocycles. The van der Waals surface area contributed by atoms with Crippen molar-refractivity contribution in [2.75, 3.05) is 0 Å². The molecule has 2 aromatic heterocycles. The van der Waals surface area contributed by atoms with Crippen molar-refractivity contribution < 1.29 is 33.5 Å². The number of hydrogen-bond acceptors (Lipinski definition) is 2. The maximum Gasteiger partial charge on any atom is 0.134 e. The van der Waals surface area contributed by atoms with E-state index in [1.807, 2.05) is 24.3 Å². The summed E-state index contributed by atoms with van der Waals surface area (Å²) in [5.74, 6) is 0. The second-order valence-electron chi connectivity index (χ2n) is 13.1. The molecule has 0 fully saturated rings. The Morgan fingerprint density at radius 3 is 1.16 bits per heavy atom. The van der Waals surface area contributed by atoms with Gasteiger partial charge in [0.05, 0.1) is 37.2 Å². The zero-order valence-electron chi connectivity index (χ0n) is 47.1. The van der Waals surface area contributed by atoms with Crippen LogP contribution in [0.25, 0.3) is 110 Å². The van der Waals surface area contributed by atoms with Crippen molar-refractivity contribution in [3.63, 3.8) is 0 Å². The highest BCUT2D eigenvalue weighted by Crippen LogP contribution is 2.47. The number of rotatable bonds is 6. The Bertz CT molecular complexity index is 3980. The summed E-state index contributed by atoms with van der Waals surface area (Å²) in [5, 5.41) is 2.53. The van der Waals surface area contributed by atoms with Crippen LogP contribution in [0.3, 0.4) is 0 Å². The SMILES string of the molecule is [2H]c1c([2H])c([2H])c(-c2c([2H])c([2H])c([2H])c(-c3c4ccc(-c5ccc6ccoc6c5)cc4c(-c4c([2H])c([2H])c([2H])c(-c5c([2H])c([2H])c([2H])c([2H])c5[2H])c4[2H])c4ccc(-c5ccc6ccoc6c5)cc34)c2[2H])c([2H])c1[2H]. The summed E-state index contributed by atoms with van der Waals surface area (Å²) in [6, 6.07) is 12.2. The lowest BCUT2D eigenvalue weighted by molar-refractivity contribution is 0.615. The van der Waals surface area contributed by atoms with Crippen molar-refractivity contribution in [2.45, 2.75) is 0 Å². The standard InChI is InChI=1S/C54H34O2/c1-3-9-35(10-4-1)39-13-7-15-45(29-39)53-47-23-21-42(44-20-18-38-26-28-56-52(38)34-44)32-50(47)54(46-16-8-14-40(30-46)36-11-5-2-6-12-36)48-24-22-41(31-49(48)53)43-19-17-37-25-27-55-51(37)33-43/h1-34H/i1D,2D,3D,4D,5D,6D,7D,8D,9D,10D,11D,12D,13D,14D,15D,16D,29D,30D. The minimum Gasteiger partial charge on any atom is -0.464 e. The fraction of sp³-hybridized carbons (Fsp3) is 0. The number of furan rings is 2. The Kier molecular flexibility index (Phi) is 4.41. The normalized spacial score (nSPS) is 16.1. The van der Waals surface area contributed by atoms with Gasteiger partial charge in [-0.1, -0.05) is 145 Å². The van der Waals surface area contributed by atoms with Crippen LogP contribution in [0.1, 0.15) is 24.7 Å². The average Bonchev–Trinajstić information content (AvgIpc) is 4.09. The molecule has 11 aromatic rings. The van der Waals surface area contributed by atoms with E-state index in [0.717, 1.165) is 10.8 Å². The molecular weight excluding hydrogens is 681 g/mol. The number of fused-ring (bicyclic) bond motifs is 4. The van der Waals surface area contributed by atoms with Crippen molar-refractivity contribution in [1.82, 2.24) is 0 Å². The minimum absolute atomic E-state index is 0.108. The van der Waals surface area contributed by atoms with E-state index in [1.165, 1.54) is 12.5 Å². The van der Waals surface area contributed by atoms with Crippen LogP contribution in [0.5, 0.6) is 0 Å². The van der Waals surface area contributed by atoms with Gasteiger partial charge in [-0.05, 0) is 137 Å². The average molecular weight is 733 g/mol. The van der Waals surface area contributed by atoms with E-state index in [1.54, 1.807) is 60.7 Å². The second kappa shape index (κ2) is 13.2. The first kappa shape index (κ1) is 18.8. The molecule has 0 bridgehead atoms. The van der Waals surface area contributed by atoms with Crippen LogP contribution in [-0.2, 0) is 0 Å². The summed E-state index contributed by atoms with van der Waals surface area (Å²) in [7, 11) is 0. The highest BCUT2D eigenvalue weighted by Gasteiger charge is 2.20. The van der Waals surface area contributed by atoms with Crippen LogP contribution < -0.4 is 0 Å². The van der Waals surface area contributed by atoms with Gasteiger partial charge in [0.25, 0.3) is 0 Å². The fourth-order valence-electron chi connectivity index (χ4n) is 7.33. The van der Waals surface area contributed by atoms with E-state index in [-0.39, 0.29) is 43.8 Å². The minimum atomic E-state index is -0.741. The van der Waals surface area contributed by atoms with Crippen LogP contribution in [0, 0.1) is 0 Å². The van der Waals surface area contributed by atoms with Crippen molar-refractivity contribution in [3.05, 3.63) is 206 Å². The van der Waals surface area contributed by atoms with E-state index in [4.69, 9.17) is 25.3 Å². The summed E-state index contributed by atoms with van der Waals surface area (Å²) in [5.41, 5.74) is 1.13. The maximum absolute atomic E-state index is 9.95. The predicted octanol–water partition coefficient (Wildman–Crippen LogP) is 15.5. The molecule has 0 radical (unpaired) electrons. The van der Waals surface area contributed by atoms with Gasteiger partial charge in [-0.2, -0.15) is 0 Å². The lowest BCUT2D eigenvalue weighted by Crippen LogP contribution is -1.93. The third-order valence-electron chi connectivity index (χ3n) is 9.95. The largest absolute Gasteiger partial charge is 0.464 e. The lowest BCUT2D eigenvalue weighted by atomic mass is 9.83. The van der Waals surface area contributed by atoms with Gasteiger partial charge in [-0.3, -0.25) is 0 Å². The fourth-order valence-corrected chi connectivity index (χ4v) is 7.33. The summed E-state index contributed by atoms with van der Waals surface area (Å²) in [6.07, 6.45) is 3.08. The first-order valence-corrected chi connectivity index (χ1v) is 17.6. The van der Waals surface area contributed by atoms with Gasteiger partial charge in [0.15, 0.2) is 0 Å². The van der Waals surface area contributed by atoms with Crippen LogP contribution in [0.15, 0.2) is 215 Å². The Morgan fingerprint density at radius 1 is 0.304 bits per heavy atom. The van der Waals surface area contributed by atoms with Crippen LogP contribution in [0.2, 0.25) is 0 Å². The number of hydrogen-bond donors (Lipinski definition) is 0. The maximum atomic E-state index is 9.95. The van der Waals surface area contributed by atoms with Gasteiger partial charge in [0, 0.05) is 10.8 Å². The molecule has 56 heavy (non-hydrogen) atoms. The highest BCUT2D eigenvalue weighted by molar-refractivity contribution is 6.23. The van der Waals surface area contributed by atoms with Crippen LogP contribution in [0.4, 0.5) is 0 Å². The third kappa shape index (κ3) is 5.51. The van der Waals surface area contributed by atoms with E-state index in [2.05, 4.69) is 0 Å². The van der Waals surface area contributed by atoms with Crippen molar-refractivity contribution >= 4 is 43.5 Å². The van der Waals surface area contributed by atoms with E-state index in [9.17, 15) is 8.22 Å². The second-order valence-corrected chi connectivity index (χ2v) is 13.1.